The zero-order valence-electron chi connectivity index (χ0n) is 8.80. The van der Waals surface area contributed by atoms with Crippen molar-refractivity contribution in [3.8, 4) is 0 Å². The van der Waals surface area contributed by atoms with Crippen LogP contribution in [0.5, 0.6) is 0 Å². The number of nitrogens with zero attached hydrogens (tertiary/aromatic N) is 3. The molecule has 0 radical (unpaired) electrons. The fraction of sp³-hybridized carbons (Fsp3) is 0.182. The van der Waals surface area contributed by atoms with Crippen LogP contribution in [0.1, 0.15) is 5.56 Å². The van der Waals surface area contributed by atoms with Crippen LogP contribution in [0, 0.1) is 0 Å². The lowest BCUT2D eigenvalue weighted by Crippen LogP contribution is -2.09. The maximum absolute atomic E-state index is 5.65. The topological polar surface area (TPSA) is 76.7 Å². The van der Waals surface area contributed by atoms with Crippen molar-refractivity contribution in [2.75, 3.05) is 17.6 Å². The van der Waals surface area contributed by atoms with Gasteiger partial charge in [0.15, 0.2) is 11.6 Å². The Morgan fingerprint density at radius 2 is 1.81 bits per heavy atom. The number of aromatic nitrogens is 3. The summed E-state index contributed by atoms with van der Waals surface area (Å²) in [4.78, 5) is 12.0. The molecule has 0 amide bonds. The van der Waals surface area contributed by atoms with Gasteiger partial charge in [-0.3, -0.25) is 4.98 Å². The highest BCUT2D eigenvalue weighted by Crippen LogP contribution is 2.09. The number of anilines is 2. The highest BCUT2D eigenvalue weighted by molar-refractivity contribution is 5.54. The van der Waals surface area contributed by atoms with Gasteiger partial charge in [-0.25, -0.2) is 9.97 Å². The van der Waals surface area contributed by atoms with E-state index >= 15 is 0 Å². The first-order chi connectivity index (χ1) is 7.86. The van der Waals surface area contributed by atoms with Gasteiger partial charge in [0.05, 0.1) is 0 Å². The van der Waals surface area contributed by atoms with Crippen LogP contribution < -0.4 is 11.1 Å². The summed E-state index contributed by atoms with van der Waals surface area (Å²) in [6, 6.07) is 3.98. The maximum atomic E-state index is 5.65. The number of hydrogen-bond donors (Lipinski definition) is 2. The second kappa shape index (κ2) is 5.06. The Morgan fingerprint density at radius 3 is 2.56 bits per heavy atom. The van der Waals surface area contributed by atoms with Crippen LogP contribution in [-0.2, 0) is 6.42 Å². The van der Waals surface area contributed by atoms with Gasteiger partial charge in [0.1, 0.15) is 0 Å². The van der Waals surface area contributed by atoms with Crippen LogP contribution in [0.2, 0.25) is 0 Å². The summed E-state index contributed by atoms with van der Waals surface area (Å²) in [6.45, 7) is 0.771. The molecule has 2 heterocycles. The number of hydrogen-bond acceptors (Lipinski definition) is 5. The number of nitrogens with one attached hydrogen (secondary N) is 1. The van der Waals surface area contributed by atoms with E-state index in [0.717, 1.165) is 13.0 Å². The van der Waals surface area contributed by atoms with Crippen LogP contribution >= 0.6 is 0 Å². The van der Waals surface area contributed by atoms with E-state index in [-0.39, 0.29) is 0 Å². The molecule has 0 aliphatic carbocycles. The predicted molar refractivity (Wildman–Crippen MR) is 62.9 cm³/mol. The Hall–Kier alpha value is -2.17. The third-order valence-electron chi connectivity index (χ3n) is 2.18. The molecular weight excluding hydrogens is 202 g/mol. The van der Waals surface area contributed by atoms with Gasteiger partial charge in [0.2, 0.25) is 0 Å². The highest BCUT2D eigenvalue weighted by atomic mass is 15.0. The van der Waals surface area contributed by atoms with Gasteiger partial charge in [-0.05, 0) is 24.1 Å². The van der Waals surface area contributed by atoms with Crippen LogP contribution in [0.15, 0.2) is 36.9 Å². The molecule has 3 N–H and O–H groups in total. The molecule has 0 fully saturated rings. The molecule has 0 saturated heterocycles. The van der Waals surface area contributed by atoms with Crippen molar-refractivity contribution >= 4 is 11.6 Å². The van der Waals surface area contributed by atoms with Gasteiger partial charge < -0.3 is 11.1 Å². The molecular formula is C11H13N5. The zero-order valence-corrected chi connectivity index (χ0v) is 8.80. The summed E-state index contributed by atoms with van der Waals surface area (Å²) >= 11 is 0. The molecule has 0 aliphatic heterocycles. The Morgan fingerprint density at radius 1 is 1.06 bits per heavy atom. The van der Waals surface area contributed by atoms with Crippen molar-refractivity contribution in [2.24, 2.45) is 0 Å². The molecule has 5 heteroatoms. The Labute approximate surface area is 93.8 Å². The Bertz CT molecular complexity index is 443. The van der Waals surface area contributed by atoms with E-state index in [1.165, 1.54) is 5.56 Å². The van der Waals surface area contributed by atoms with Crippen molar-refractivity contribution in [1.29, 1.82) is 0 Å². The quantitative estimate of drug-likeness (QED) is 0.798. The van der Waals surface area contributed by atoms with E-state index in [2.05, 4.69) is 20.3 Å². The second-order valence-corrected chi connectivity index (χ2v) is 3.32. The smallest absolute Gasteiger partial charge is 0.168 e. The third kappa shape index (κ3) is 2.66. The standard InChI is InChI=1S/C11H13N5/c12-10-11(16-8-7-14-10)15-6-3-9-1-4-13-5-2-9/h1-2,4-5,7-8H,3,6H2,(H2,12,14)(H,15,16). The first kappa shape index (κ1) is 10.4. The number of nitrogens with two attached hydrogens (primary N) is 1. The molecule has 2 aromatic heterocycles. The first-order valence-corrected chi connectivity index (χ1v) is 5.05. The fourth-order valence-electron chi connectivity index (χ4n) is 1.36. The van der Waals surface area contributed by atoms with Crippen molar-refractivity contribution in [3.63, 3.8) is 0 Å². The zero-order chi connectivity index (χ0) is 11.2. The van der Waals surface area contributed by atoms with Crippen molar-refractivity contribution in [1.82, 2.24) is 15.0 Å². The van der Waals surface area contributed by atoms with Gasteiger partial charge in [-0.15, -0.1) is 0 Å². The van der Waals surface area contributed by atoms with Gasteiger partial charge in [0, 0.05) is 31.3 Å². The molecule has 0 saturated carbocycles. The average molecular weight is 215 g/mol. The molecule has 0 spiro atoms. The minimum atomic E-state index is 0.428. The molecule has 0 atom stereocenters. The molecule has 82 valence electrons. The minimum absolute atomic E-state index is 0.428. The van der Waals surface area contributed by atoms with Crippen molar-refractivity contribution < 1.29 is 0 Å². The maximum Gasteiger partial charge on any atom is 0.168 e. The number of pyridine rings is 1. The lowest BCUT2D eigenvalue weighted by molar-refractivity contribution is 0.996. The monoisotopic (exact) mass is 215 g/mol. The largest absolute Gasteiger partial charge is 0.381 e. The fourth-order valence-corrected chi connectivity index (χ4v) is 1.36. The van der Waals surface area contributed by atoms with E-state index in [1.807, 2.05) is 12.1 Å². The predicted octanol–water partition coefficient (Wildman–Crippen LogP) is 1.11. The third-order valence-corrected chi connectivity index (χ3v) is 2.18. The van der Waals surface area contributed by atoms with E-state index in [0.29, 0.717) is 11.6 Å². The molecule has 5 nitrogen and oxygen atoms in total. The molecule has 0 unspecified atom stereocenters. The van der Waals surface area contributed by atoms with Gasteiger partial charge in [0.25, 0.3) is 0 Å². The first-order valence-electron chi connectivity index (χ1n) is 5.05. The summed E-state index contributed by atoms with van der Waals surface area (Å²) in [5, 5.41) is 3.14. The lowest BCUT2D eigenvalue weighted by atomic mass is 10.2. The number of nitrogen functional groups attached to an aromatic ring is 1. The second-order valence-electron chi connectivity index (χ2n) is 3.32. The summed E-state index contributed by atoms with van der Waals surface area (Å²) in [5.41, 5.74) is 6.88. The summed E-state index contributed by atoms with van der Waals surface area (Å²) in [5.74, 6) is 1.06. The summed E-state index contributed by atoms with van der Waals surface area (Å²) < 4.78 is 0. The average Bonchev–Trinajstić information content (AvgIpc) is 2.33. The van der Waals surface area contributed by atoms with Crippen LogP contribution in [0.3, 0.4) is 0 Å². The molecule has 2 rings (SSSR count). The van der Waals surface area contributed by atoms with E-state index in [1.54, 1.807) is 24.8 Å². The normalized spacial score (nSPS) is 10.0. The molecule has 0 aromatic carbocycles. The summed E-state index contributed by atoms with van der Waals surface area (Å²) in [6.07, 6.45) is 7.66. The van der Waals surface area contributed by atoms with Crippen molar-refractivity contribution in [3.05, 3.63) is 42.5 Å². The minimum Gasteiger partial charge on any atom is -0.381 e. The van der Waals surface area contributed by atoms with E-state index in [4.69, 9.17) is 5.73 Å². The SMILES string of the molecule is Nc1nccnc1NCCc1ccncc1. The van der Waals surface area contributed by atoms with Crippen molar-refractivity contribution in [2.45, 2.75) is 6.42 Å². The molecule has 0 aliphatic rings. The van der Waals surface area contributed by atoms with E-state index < -0.39 is 0 Å². The number of rotatable bonds is 4. The molecule has 16 heavy (non-hydrogen) atoms. The van der Waals surface area contributed by atoms with Gasteiger partial charge in [-0.2, -0.15) is 0 Å². The molecule has 2 aromatic rings. The van der Waals surface area contributed by atoms with Gasteiger partial charge in [-0.1, -0.05) is 0 Å². The Balaban J connectivity index is 1.87. The lowest BCUT2D eigenvalue weighted by Gasteiger charge is -2.06. The van der Waals surface area contributed by atoms with Crippen LogP contribution in [0.4, 0.5) is 11.6 Å². The highest BCUT2D eigenvalue weighted by Gasteiger charge is 1.99. The van der Waals surface area contributed by atoms with Crippen LogP contribution in [-0.4, -0.2) is 21.5 Å². The summed E-state index contributed by atoms with van der Waals surface area (Å²) in [7, 11) is 0. The van der Waals surface area contributed by atoms with E-state index in [9.17, 15) is 0 Å². The van der Waals surface area contributed by atoms with Crippen LogP contribution in [0.25, 0.3) is 0 Å². The molecule has 0 bridgehead atoms. The Kier molecular flexibility index (Phi) is 3.28. The van der Waals surface area contributed by atoms with Gasteiger partial charge >= 0.3 is 0 Å².